The summed E-state index contributed by atoms with van der Waals surface area (Å²) in [6.07, 6.45) is 3.65. The van der Waals surface area contributed by atoms with Crippen LogP contribution < -0.4 is 5.32 Å². The van der Waals surface area contributed by atoms with Crippen LogP contribution in [0.25, 0.3) is 0 Å². The minimum Gasteiger partial charge on any atom is -0.469 e. The summed E-state index contributed by atoms with van der Waals surface area (Å²) in [5.41, 5.74) is 0.587. The van der Waals surface area contributed by atoms with Gasteiger partial charge in [-0.15, -0.1) is 0 Å². The lowest BCUT2D eigenvalue weighted by molar-refractivity contribution is 0.0953. The fourth-order valence-corrected chi connectivity index (χ4v) is 1.90. The van der Waals surface area contributed by atoms with E-state index in [1.807, 2.05) is 6.92 Å². The molecule has 1 amide bonds. The summed E-state index contributed by atoms with van der Waals surface area (Å²) >= 11 is 3.51. The van der Waals surface area contributed by atoms with E-state index in [0.29, 0.717) is 16.9 Å². The summed E-state index contributed by atoms with van der Waals surface area (Å²) in [5, 5.41) is 2.85. The molecule has 1 aromatic heterocycles. The van der Waals surface area contributed by atoms with Crippen LogP contribution in [0.15, 0.2) is 16.7 Å². The second-order valence-corrected chi connectivity index (χ2v) is 4.84. The van der Waals surface area contributed by atoms with Crippen molar-refractivity contribution in [3.05, 3.63) is 23.7 Å². The van der Waals surface area contributed by atoms with Gasteiger partial charge in [-0.25, -0.2) is 0 Å². The average Bonchev–Trinajstić information content (AvgIpc) is 2.62. The van der Waals surface area contributed by atoms with Crippen LogP contribution in [0.4, 0.5) is 0 Å². The molecule has 84 valence electrons. The predicted octanol–water partition coefficient (Wildman–Crippen LogP) is 2.88. The molecule has 1 heterocycles. The first-order valence-electron chi connectivity index (χ1n) is 5.11. The van der Waals surface area contributed by atoms with E-state index >= 15 is 0 Å². The van der Waals surface area contributed by atoms with Crippen LogP contribution in [0, 0.1) is 6.92 Å². The molecule has 1 atom stereocenters. The number of carbonyl (C=O) groups excluding carboxylic acids is 1. The maximum Gasteiger partial charge on any atom is 0.254 e. The first kappa shape index (κ1) is 12.3. The van der Waals surface area contributed by atoms with Gasteiger partial charge in [0.2, 0.25) is 0 Å². The third-order valence-corrected chi connectivity index (χ3v) is 2.86. The van der Waals surface area contributed by atoms with Crippen molar-refractivity contribution in [1.29, 1.82) is 0 Å². The number of amides is 1. The number of hydrogen-bond acceptors (Lipinski definition) is 2. The molecule has 0 radical (unpaired) electrons. The summed E-state index contributed by atoms with van der Waals surface area (Å²) in [7, 11) is 0. The Kier molecular flexibility index (Phi) is 4.88. The molecule has 0 fully saturated rings. The summed E-state index contributed by atoms with van der Waals surface area (Å²) < 4.78 is 5.07. The normalized spacial score (nSPS) is 12.5. The molecule has 0 aliphatic carbocycles. The topological polar surface area (TPSA) is 42.2 Å². The minimum absolute atomic E-state index is 0.0765. The lowest BCUT2D eigenvalue weighted by atomic mass is 10.2. The quantitative estimate of drug-likeness (QED) is 0.839. The zero-order valence-electron chi connectivity index (χ0n) is 9.05. The van der Waals surface area contributed by atoms with Crippen LogP contribution in [-0.4, -0.2) is 17.3 Å². The molecule has 0 spiro atoms. The molecule has 0 bridgehead atoms. The van der Waals surface area contributed by atoms with Crippen molar-refractivity contribution < 1.29 is 9.21 Å². The Morgan fingerprint density at radius 3 is 2.93 bits per heavy atom. The number of halogens is 1. The number of carbonyl (C=O) groups is 1. The van der Waals surface area contributed by atoms with E-state index in [1.54, 1.807) is 6.07 Å². The first-order chi connectivity index (χ1) is 7.13. The van der Waals surface area contributed by atoms with Gasteiger partial charge in [0.15, 0.2) is 0 Å². The summed E-state index contributed by atoms with van der Waals surface area (Å²) in [5.74, 6) is 0.677. The van der Waals surface area contributed by atoms with Gasteiger partial charge in [-0.1, -0.05) is 29.3 Å². The van der Waals surface area contributed by atoms with Crippen LogP contribution in [-0.2, 0) is 0 Å². The molecular formula is C11H16BrNO2. The third-order valence-electron chi connectivity index (χ3n) is 2.08. The molecule has 1 N–H and O–H groups in total. The van der Waals surface area contributed by atoms with Crippen LogP contribution in [0.3, 0.4) is 0 Å². The smallest absolute Gasteiger partial charge is 0.254 e. The molecule has 1 rings (SSSR count). The lowest BCUT2D eigenvalue weighted by Crippen LogP contribution is -2.29. The predicted molar refractivity (Wildman–Crippen MR) is 63.4 cm³/mol. The Balaban J connectivity index is 2.36. The highest BCUT2D eigenvalue weighted by molar-refractivity contribution is 9.09. The van der Waals surface area contributed by atoms with Crippen molar-refractivity contribution in [2.45, 2.75) is 31.5 Å². The van der Waals surface area contributed by atoms with Crippen LogP contribution in [0.5, 0.6) is 0 Å². The molecular weight excluding hydrogens is 258 g/mol. The number of rotatable bonds is 5. The number of hydrogen-bond donors (Lipinski definition) is 1. The van der Waals surface area contributed by atoms with Gasteiger partial charge in [0.1, 0.15) is 12.0 Å². The van der Waals surface area contributed by atoms with E-state index < -0.39 is 0 Å². The summed E-state index contributed by atoms with van der Waals surface area (Å²) in [6.45, 7) is 4.59. The Labute approximate surface area is 98.4 Å². The standard InChI is InChI=1S/C11H16BrNO2/c1-3-4-10(12)6-13-11(14)9-5-8(2)15-7-9/h5,7,10H,3-4,6H2,1-2H3,(H,13,14). The third kappa shape index (κ3) is 4.08. The van der Waals surface area contributed by atoms with Gasteiger partial charge in [-0.3, -0.25) is 4.79 Å². The van der Waals surface area contributed by atoms with E-state index in [1.165, 1.54) is 6.26 Å². The minimum atomic E-state index is -0.0765. The fourth-order valence-electron chi connectivity index (χ4n) is 1.28. The van der Waals surface area contributed by atoms with Crippen LogP contribution >= 0.6 is 15.9 Å². The van der Waals surface area contributed by atoms with Crippen molar-refractivity contribution in [3.8, 4) is 0 Å². The Morgan fingerprint density at radius 1 is 1.67 bits per heavy atom. The molecule has 0 saturated carbocycles. The SMILES string of the molecule is CCCC(Br)CNC(=O)c1coc(C)c1. The Morgan fingerprint density at radius 2 is 2.40 bits per heavy atom. The van der Waals surface area contributed by atoms with E-state index in [4.69, 9.17) is 4.42 Å². The summed E-state index contributed by atoms with van der Waals surface area (Å²) in [6, 6.07) is 1.73. The van der Waals surface area contributed by atoms with E-state index in [2.05, 4.69) is 28.2 Å². The maximum atomic E-state index is 11.6. The molecule has 0 aliphatic rings. The second-order valence-electron chi connectivity index (χ2n) is 3.54. The van der Waals surface area contributed by atoms with Crippen molar-refractivity contribution in [2.24, 2.45) is 0 Å². The highest BCUT2D eigenvalue weighted by Crippen LogP contribution is 2.08. The van der Waals surface area contributed by atoms with Gasteiger partial charge in [0, 0.05) is 11.4 Å². The molecule has 0 aliphatic heterocycles. The number of alkyl halides is 1. The number of aryl methyl sites for hydroxylation is 1. The van der Waals surface area contributed by atoms with Crippen molar-refractivity contribution in [2.75, 3.05) is 6.54 Å². The van der Waals surface area contributed by atoms with Crippen molar-refractivity contribution in [3.63, 3.8) is 0 Å². The van der Waals surface area contributed by atoms with E-state index in [9.17, 15) is 4.79 Å². The number of nitrogens with one attached hydrogen (secondary N) is 1. The zero-order valence-corrected chi connectivity index (χ0v) is 10.6. The lowest BCUT2D eigenvalue weighted by Gasteiger charge is -2.08. The number of furan rings is 1. The molecule has 0 aromatic carbocycles. The van der Waals surface area contributed by atoms with E-state index in [0.717, 1.165) is 18.6 Å². The highest BCUT2D eigenvalue weighted by atomic mass is 79.9. The maximum absolute atomic E-state index is 11.6. The first-order valence-corrected chi connectivity index (χ1v) is 6.02. The van der Waals surface area contributed by atoms with Gasteiger partial charge in [-0.05, 0) is 19.4 Å². The van der Waals surface area contributed by atoms with Crippen LogP contribution in [0.1, 0.15) is 35.9 Å². The van der Waals surface area contributed by atoms with Gasteiger partial charge in [-0.2, -0.15) is 0 Å². The van der Waals surface area contributed by atoms with Gasteiger partial charge >= 0.3 is 0 Å². The molecule has 1 unspecified atom stereocenters. The molecule has 15 heavy (non-hydrogen) atoms. The average molecular weight is 274 g/mol. The molecule has 0 saturated heterocycles. The fraction of sp³-hybridized carbons (Fsp3) is 0.545. The molecule has 1 aromatic rings. The van der Waals surface area contributed by atoms with Gasteiger partial charge in [0.25, 0.3) is 5.91 Å². The van der Waals surface area contributed by atoms with Crippen LogP contribution in [0.2, 0.25) is 0 Å². The van der Waals surface area contributed by atoms with Gasteiger partial charge in [0.05, 0.1) is 5.56 Å². The molecule has 4 heteroatoms. The molecule has 3 nitrogen and oxygen atoms in total. The van der Waals surface area contributed by atoms with Crippen molar-refractivity contribution >= 4 is 21.8 Å². The Bertz CT molecular complexity index is 322. The highest BCUT2D eigenvalue weighted by Gasteiger charge is 2.10. The largest absolute Gasteiger partial charge is 0.469 e. The zero-order chi connectivity index (χ0) is 11.3. The Hall–Kier alpha value is -0.770. The van der Waals surface area contributed by atoms with Gasteiger partial charge < -0.3 is 9.73 Å². The summed E-state index contributed by atoms with van der Waals surface area (Å²) in [4.78, 5) is 11.9. The second kappa shape index (κ2) is 5.95. The monoisotopic (exact) mass is 273 g/mol. The van der Waals surface area contributed by atoms with E-state index in [-0.39, 0.29) is 5.91 Å². The van der Waals surface area contributed by atoms with Crippen molar-refractivity contribution in [1.82, 2.24) is 5.32 Å².